The van der Waals surface area contributed by atoms with Crippen LogP contribution < -0.4 is 5.73 Å². The molecule has 0 aliphatic rings. The predicted octanol–water partition coefficient (Wildman–Crippen LogP) is 1.53. The molecular formula is C11H10FN5. The van der Waals surface area contributed by atoms with Gasteiger partial charge in [0.1, 0.15) is 11.3 Å². The van der Waals surface area contributed by atoms with Crippen LogP contribution in [0.3, 0.4) is 0 Å². The van der Waals surface area contributed by atoms with E-state index in [9.17, 15) is 4.39 Å². The first-order chi connectivity index (χ1) is 8.22. The SMILES string of the molecule is Nc1cnn(Cc2nc3c(F)cccc3[nH]2)c1. The fraction of sp³-hybridized carbons (Fsp3) is 0.0909. The van der Waals surface area contributed by atoms with Crippen molar-refractivity contribution in [3.8, 4) is 0 Å². The molecule has 0 atom stereocenters. The average Bonchev–Trinajstić information content (AvgIpc) is 2.86. The lowest BCUT2D eigenvalue weighted by Crippen LogP contribution is -2.01. The van der Waals surface area contributed by atoms with Crippen LogP contribution in [0.15, 0.2) is 30.6 Å². The molecule has 0 radical (unpaired) electrons. The lowest BCUT2D eigenvalue weighted by molar-refractivity contribution is 0.634. The second kappa shape index (κ2) is 3.58. The van der Waals surface area contributed by atoms with Crippen molar-refractivity contribution >= 4 is 16.7 Å². The quantitative estimate of drug-likeness (QED) is 0.702. The standard InChI is InChI=1S/C11H10FN5/c12-8-2-1-3-9-11(8)16-10(15-9)6-17-5-7(13)4-14-17/h1-5H,6,13H2,(H,15,16). The van der Waals surface area contributed by atoms with Gasteiger partial charge >= 0.3 is 0 Å². The minimum atomic E-state index is -0.329. The Morgan fingerprint density at radius 1 is 1.41 bits per heavy atom. The van der Waals surface area contributed by atoms with Crippen LogP contribution in [-0.2, 0) is 6.54 Å². The van der Waals surface area contributed by atoms with Gasteiger partial charge in [-0.15, -0.1) is 0 Å². The largest absolute Gasteiger partial charge is 0.396 e. The van der Waals surface area contributed by atoms with Crippen molar-refractivity contribution in [2.45, 2.75) is 6.54 Å². The molecule has 0 saturated heterocycles. The van der Waals surface area contributed by atoms with E-state index < -0.39 is 0 Å². The Balaban J connectivity index is 1.98. The molecule has 2 aromatic heterocycles. The molecular weight excluding hydrogens is 221 g/mol. The number of aromatic amines is 1. The highest BCUT2D eigenvalue weighted by molar-refractivity contribution is 5.75. The normalized spacial score (nSPS) is 11.1. The summed E-state index contributed by atoms with van der Waals surface area (Å²) in [7, 11) is 0. The van der Waals surface area contributed by atoms with Gasteiger partial charge in [-0.25, -0.2) is 9.37 Å². The Morgan fingerprint density at radius 2 is 2.29 bits per heavy atom. The third-order valence-corrected chi connectivity index (χ3v) is 2.48. The van der Waals surface area contributed by atoms with Gasteiger partial charge in [0.2, 0.25) is 0 Å². The number of rotatable bonds is 2. The number of nitrogens with two attached hydrogens (primary N) is 1. The van der Waals surface area contributed by atoms with Gasteiger partial charge in [-0.1, -0.05) is 6.07 Å². The molecule has 0 amide bonds. The molecule has 17 heavy (non-hydrogen) atoms. The zero-order valence-corrected chi connectivity index (χ0v) is 8.89. The third-order valence-electron chi connectivity index (χ3n) is 2.48. The molecule has 5 nitrogen and oxygen atoms in total. The Kier molecular flexibility index (Phi) is 2.07. The van der Waals surface area contributed by atoms with E-state index in [-0.39, 0.29) is 5.82 Å². The number of fused-ring (bicyclic) bond motifs is 1. The lowest BCUT2D eigenvalue weighted by Gasteiger charge is -1.95. The second-order valence-corrected chi connectivity index (χ2v) is 3.79. The number of halogens is 1. The van der Waals surface area contributed by atoms with Gasteiger partial charge in [-0.05, 0) is 12.1 Å². The first kappa shape index (κ1) is 9.83. The molecule has 0 unspecified atom stereocenters. The Morgan fingerprint density at radius 3 is 3.00 bits per heavy atom. The summed E-state index contributed by atoms with van der Waals surface area (Å²) in [5.74, 6) is 0.318. The lowest BCUT2D eigenvalue weighted by atomic mass is 10.3. The molecule has 0 bridgehead atoms. The van der Waals surface area contributed by atoms with Crippen LogP contribution >= 0.6 is 0 Å². The van der Waals surface area contributed by atoms with Crippen LogP contribution in [0.1, 0.15) is 5.82 Å². The van der Waals surface area contributed by atoms with E-state index in [0.29, 0.717) is 29.1 Å². The van der Waals surface area contributed by atoms with E-state index in [0.717, 1.165) is 0 Å². The number of imidazole rings is 1. The zero-order chi connectivity index (χ0) is 11.8. The fourth-order valence-electron chi connectivity index (χ4n) is 1.74. The van der Waals surface area contributed by atoms with Crippen LogP contribution in [0.4, 0.5) is 10.1 Å². The molecule has 3 aromatic rings. The molecule has 1 aromatic carbocycles. The molecule has 0 spiro atoms. The first-order valence-corrected chi connectivity index (χ1v) is 5.13. The van der Waals surface area contributed by atoms with Gasteiger partial charge in [0, 0.05) is 6.20 Å². The van der Waals surface area contributed by atoms with Crippen molar-refractivity contribution in [2.24, 2.45) is 0 Å². The van der Waals surface area contributed by atoms with Gasteiger partial charge in [-0.3, -0.25) is 4.68 Å². The van der Waals surface area contributed by atoms with Gasteiger partial charge in [-0.2, -0.15) is 5.10 Å². The third kappa shape index (κ3) is 1.73. The summed E-state index contributed by atoms with van der Waals surface area (Å²) in [5, 5.41) is 4.04. The summed E-state index contributed by atoms with van der Waals surface area (Å²) < 4.78 is 15.1. The van der Waals surface area contributed by atoms with Crippen molar-refractivity contribution in [1.82, 2.24) is 19.7 Å². The van der Waals surface area contributed by atoms with Crippen molar-refractivity contribution in [2.75, 3.05) is 5.73 Å². The topological polar surface area (TPSA) is 72.5 Å². The minimum Gasteiger partial charge on any atom is -0.396 e. The highest BCUT2D eigenvalue weighted by atomic mass is 19.1. The maximum Gasteiger partial charge on any atom is 0.151 e. The number of anilines is 1. The summed E-state index contributed by atoms with van der Waals surface area (Å²) in [6, 6.07) is 4.82. The second-order valence-electron chi connectivity index (χ2n) is 3.79. The molecule has 2 heterocycles. The van der Waals surface area contributed by atoms with Crippen LogP contribution in [0.25, 0.3) is 11.0 Å². The minimum absolute atomic E-state index is 0.329. The zero-order valence-electron chi connectivity index (χ0n) is 8.89. The van der Waals surface area contributed by atoms with Crippen LogP contribution in [-0.4, -0.2) is 19.7 Å². The number of nitrogens with one attached hydrogen (secondary N) is 1. The monoisotopic (exact) mass is 231 g/mol. The molecule has 3 rings (SSSR count). The van der Waals surface area contributed by atoms with E-state index in [4.69, 9.17) is 5.73 Å². The molecule has 6 heteroatoms. The van der Waals surface area contributed by atoms with E-state index in [1.54, 1.807) is 29.2 Å². The van der Waals surface area contributed by atoms with Gasteiger partial charge in [0.15, 0.2) is 5.82 Å². The Hall–Kier alpha value is -2.37. The van der Waals surface area contributed by atoms with Crippen LogP contribution in [0.2, 0.25) is 0 Å². The fourth-order valence-corrected chi connectivity index (χ4v) is 1.74. The summed E-state index contributed by atoms with van der Waals surface area (Å²) in [4.78, 5) is 7.23. The molecule has 86 valence electrons. The number of aromatic nitrogens is 4. The van der Waals surface area contributed by atoms with E-state index in [2.05, 4.69) is 15.1 Å². The number of hydrogen-bond donors (Lipinski definition) is 2. The maximum atomic E-state index is 13.4. The van der Waals surface area contributed by atoms with Gasteiger partial charge in [0.25, 0.3) is 0 Å². The van der Waals surface area contributed by atoms with E-state index in [1.165, 1.54) is 6.07 Å². The van der Waals surface area contributed by atoms with Gasteiger partial charge in [0.05, 0.1) is 23.9 Å². The first-order valence-electron chi connectivity index (χ1n) is 5.13. The van der Waals surface area contributed by atoms with Crippen molar-refractivity contribution in [3.05, 3.63) is 42.2 Å². The smallest absolute Gasteiger partial charge is 0.151 e. The van der Waals surface area contributed by atoms with Crippen LogP contribution in [0.5, 0.6) is 0 Å². The number of H-pyrrole nitrogens is 1. The van der Waals surface area contributed by atoms with Crippen molar-refractivity contribution < 1.29 is 4.39 Å². The molecule has 0 aliphatic heterocycles. The number of benzene rings is 1. The number of para-hydroxylation sites is 1. The van der Waals surface area contributed by atoms with Crippen molar-refractivity contribution in [1.29, 1.82) is 0 Å². The Labute approximate surface area is 96.1 Å². The predicted molar refractivity (Wildman–Crippen MR) is 61.8 cm³/mol. The van der Waals surface area contributed by atoms with E-state index >= 15 is 0 Å². The molecule has 3 N–H and O–H groups in total. The molecule has 0 saturated carbocycles. The molecule has 0 fully saturated rings. The summed E-state index contributed by atoms with van der Waals surface area (Å²) in [5.41, 5.74) is 7.18. The van der Waals surface area contributed by atoms with Crippen LogP contribution in [0, 0.1) is 5.82 Å². The highest BCUT2D eigenvalue weighted by Gasteiger charge is 2.07. The maximum absolute atomic E-state index is 13.4. The highest BCUT2D eigenvalue weighted by Crippen LogP contribution is 2.15. The van der Waals surface area contributed by atoms with E-state index in [1.807, 2.05) is 0 Å². The summed E-state index contributed by atoms with van der Waals surface area (Å²) >= 11 is 0. The summed E-state index contributed by atoms with van der Waals surface area (Å²) in [6.07, 6.45) is 3.26. The average molecular weight is 231 g/mol. The molecule has 0 aliphatic carbocycles. The number of hydrogen-bond acceptors (Lipinski definition) is 3. The summed E-state index contributed by atoms with van der Waals surface area (Å²) in [6.45, 7) is 0.436. The Bertz CT molecular complexity index is 669. The number of nitrogens with zero attached hydrogens (tertiary/aromatic N) is 3. The van der Waals surface area contributed by atoms with Crippen molar-refractivity contribution in [3.63, 3.8) is 0 Å². The van der Waals surface area contributed by atoms with Gasteiger partial charge < -0.3 is 10.7 Å². The number of nitrogen functional groups attached to an aromatic ring is 1.